The van der Waals surface area contributed by atoms with Crippen LogP contribution in [0, 0.1) is 17.1 Å². The van der Waals surface area contributed by atoms with E-state index in [2.05, 4.69) is 15.9 Å². The van der Waals surface area contributed by atoms with Gasteiger partial charge in [-0.3, -0.25) is 0 Å². The monoisotopic (exact) mass is 345 g/mol. The summed E-state index contributed by atoms with van der Waals surface area (Å²) in [5.41, 5.74) is 1.24. The van der Waals surface area contributed by atoms with Crippen LogP contribution >= 0.6 is 15.9 Å². The highest BCUT2D eigenvalue weighted by atomic mass is 79.9. The first-order chi connectivity index (χ1) is 10.2. The van der Waals surface area contributed by atoms with Crippen molar-refractivity contribution in [2.75, 3.05) is 0 Å². The zero-order chi connectivity index (χ0) is 14.8. The van der Waals surface area contributed by atoms with Gasteiger partial charge >= 0.3 is 0 Å². The molecule has 0 amide bonds. The quantitative estimate of drug-likeness (QED) is 0.685. The summed E-state index contributed by atoms with van der Waals surface area (Å²) < 4.78 is 24.9. The molecule has 0 atom stereocenters. The van der Waals surface area contributed by atoms with E-state index >= 15 is 0 Å². The van der Waals surface area contributed by atoms with Gasteiger partial charge in [0.25, 0.3) is 0 Å². The second-order valence-corrected chi connectivity index (χ2v) is 5.16. The number of benzene rings is 2. The highest BCUT2D eigenvalue weighted by Gasteiger charge is 2.16. The van der Waals surface area contributed by atoms with Gasteiger partial charge in [0.15, 0.2) is 5.75 Å². The number of rotatable bonds is 3. The lowest BCUT2D eigenvalue weighted by atomic mass is 10.2. The number of furan rings is 1. The van der Waals surface area contributed by atoms with E-state index in [9.17, 15) is 4.39 Å². The number of hydrogen-bond acceptors (Lipinski definition) is 3. The first kappa shape index (κ1) is 13.7. The largest absolute Gasteiger partial charge is 0.483 e. The predicted octanol–water partition coefficient (Wildman–Crippen LogP) is 4.79. The summed E-state index contributed by atoms with van der Waals surface area (Å²) in [6.07, 6.45) is 0. The van der Waals surface area contributed by atoms with E-state index in [0.29, 0.717) is 21.4 Å². The maximum absolute atomic E-state index is 13.5. The predicted molar refractivity (Wildman–Crippen MR) is 79.4 cm³/mol. The molecule has 3 aromatic rings. The summed E-state index contributed by atoms with van der Waals surface area (Å²) in [6.45, 7) is 0.135. The molecule has 3 rings (SSSR count). The fraction of sp³-hybridized carbons (Fsp3) is 0.0625. The Morgan fingerprint density at radius 1 is 1.19 bits per heavy atom. The maximum atomic E-state index is 13.5. The Morgan fingerprint density at radius 2 is 2.00 bits per heavy atom. The van der Waals surface area contributed by atoms with Crippen LogP contribution in [0.15, 0.2) is 51.4 Å². The van der Waals surface area contributed by atoms with Gasteiger partial charge in [0.05, 0.1) is 9.86 Å². The van der Waals surface area contributed by atoms with Gasteiger partial charge < -0.3 is 9.15 Å². The van der Waals surface area contributed by atoms with Gasteiger partial charge in [-0.25, -0.2) is 4.39 Å². The average molecular weight is 346 g/mol. The number of ether oxygens (including phenoxy) is 1. The van der Waals surface area contributed by atoms with Gasteiger partial charge in [-0.2, -0.15) is 5.26 Å². The third-order valence-electron chi connectivity index (χ3n) is 3.06. The standard InChI is InChI=1S/C16H9BrFNO2/c17-15-10(4-3-6-12(15)18)9-20-16-11-5-1-2-7-13(11)21-14(16)8-19/h1-7H,9H2. The SMILES string of the molecule is N#Cc1oc2ccccc2c1OCc1cccc(F)c1Br. The van der Waals surface area contributed by atoms with E-state index in [1.165, 1.54) is 6.07 Å². The minimum absolute atomic E-state index is 0.115. The summed E-state index contributed by atoms with van der Waals surface area (Å²) in [5.74, 6) is 0.140. The summed E-state index contributed by atoms with van der Waals surface area (Å²) in [5, 5.41) is 9.85. The van der Waals surface area contributed by atoms with Crippen molar-refractivity contribution in [3.05, 3.63) is 64.1 Å². The van der Waals surface area contributed by atoms with Crippen molar-refractivity contribution < 1.29 is 13.5 Å². The molecule has 21 heavy (non-hydrogen) atoms. The molecule has 0 N–H and O–H groups in total. The molecule has 5 heteroatoms. The van der Waals surface area contributed by atoms with Crippen LogP contribution in [0.4, 0.5) is 4.39 Å². The molecule has 1 heterocycles. The van der Waals surface area contributed by atoms with Crippen molar-refractivity contribution in [2.24, 2.45) is 0 Å². The van der Waals surface area contributed by atoms with Crippen molar-refractivity contribution in [2.45, 2.75) is 6.61 Å². The Hall–Kier alpha value is -2.32. The number of para-hydroxylation sites is 1. The van der Waals surface area contributed by atoms with Gasteiger partial charge in [0, 0.05) is 5.56 Å². The molecule has 0 saturated carbocycles. The van der Waals surface area contributed by atoms with Crippen molar-refractivity contribution in [3.8, 4) is 11.8 Å². The third kappa shape index (κ3) is 2.50. The fourth-order valence-electron chi connectivity index (χ4n) is 2.05. The summed E-state index contributed by atoms with van der Waals surface area (Å²) in [4.78, 5) is 0. The molecular weight excluding hydrogens is 337 g/mol. The molecule has 1 aromatic heterocycles. The molecule has 0 spiro atoms. The second-order valence-electron chi connectivity index (χ2n) is 4.37. The molecule has 2 aromatic carbocycles. The molecule has 0 unspecified atom stereocenters. The van der Waals surface area contributed by atoms with E-state index in [-0.39, 0.29) is 18.2 Å². The molecule has 0 radical (unpaired) electrons. The minimum Gasteiger partial charge on any atom is -0.483 e. The Balaban J connectivity index is 1.95. The summed E-state index contributed by atoms with van der Waals surface area (Å²) >= 11 is 3.19. The smallest absolute Gasteiger partial charge is 0.246 e. The first-order valence-corrected chi connectivity index (χ1v) is 6.97. The van der Waals surface area contributed by atoms with Crippen molar-refractivity contribution in [1.82, 2.24) is 0 Å². The molecule has 0 bridgehead atoms. The molecular formula is C16H9BrFNO2. The van der Waals surface area contributed by atoms with Crippen LogP contribution in [0.2, 0.25) is 0 Å². The number of halogens is 2. The Morgan fingerprint density at radius 3 is 2.81 bits per heavy atom. The van der Waals surface area contributed by atoms with Gasteiger partial charge in [-0.1, -0.05) is 24.3 Å². The number of nitrogens with zero attached hydrogens (tertiary/aromatic N) is 1. The van der Waals surface area contributed by atoms with Crippen molar-refractivity contribution >= 4 is 26.9 Å². The normalized spacial score (nSPS) is 10.5. The minimum atomic E-state index is -0.353. The number of nitriles is 1. The zero-order valence-corrected chi connectivity index (χ0v) is 12.4. The molecule has 0 aliphatic carbocycles. The summed E-state index contributed by atoms with van der Waals surface area (Å²) in [7, 11) is 0. The Labute approximate surface area is 128 Å². The van der Waals surface area contributed by atoms with E-state index in [1.54, 1.807) is 18.2 Å². The van der Waals surface area contributed by atoms with Crippen LogP contribution in [0.5, 0.6) is 5.75 Å². The highest BCUT2D eigenvalue weighted by molar-refractivity contribution is 9.10. The lowest BCUT2D eigenvalue weighted by molar-refractivity contribution is 0.302. The molecule has 0 aliphatic rings. The number of hydrogen-bond donors (Lipinski definition) is 0. The Kier molecular flexibility index (Phi) is 3.63. The lowest BCUT2D eigenvalue weighted by Crippen LogP contribution is -1.98. The second kappa shape index (κ2) is 5.58. The molecule has 104 valence electrons. The Bertz CT molecular complexity index is 851. The van der Waals surface area contributed by atoms with Crippen LogP contribution in [-0.2, 0) is 6.61 Å². The van der Waals surface area contributed by atoms with E-state index < -0.39 is 0 Å². The molecule has 0 saturated heterocycles. The van der Waals surface area contributed by atoms with Gasteiger partial charge in [0.1, 0.15) is 24.1 Å². The summed E-state index contributed by atoms with van der Waals surface area (Å²) in [6, 6.07) is 13.9. The molecule has 3 nitrogen and oxygen atoms in total. The third-order valence-corrected chi connectivity index (χ3v) is 3.94. The zero-order valence-electron chi connectivity index (χ0n) is 10.8. The van der Waals surface area contributed by atoms with Crippen LogP contribution in [0.3, 0.4) is 0 Å². The van der Waals surface area contributed by atoms with E-state index in [4.69, 9.17) is 14.4 Å². The van der Waals surface area contributed by atoms with Crippen LogP contribution < -0.4 is 4.74 Å². The van der Waals surface area contributed by atoms with Gasteiger partial charge in [0.2, 0.25) is 5.76 Å². The maximum Gasteiger partial charge on any atom is 0.246 e. The first-order valence-electron chi connectivity index (χ1n) is 6.18. The number of fused-ring (bicyclic) bond motifs is 1. The molecule has 0 aliphatic heterocycles. The van der Waals surface area contributed by atoms with Crippen LogP contribution in [0.25, 0.3) is 11.0 Å². The van der Waals surface area contributed by atoms with Crippen LogP contribution in [0.1, 0.15) is 11.3 Å². The lowest BCUT2D eigenvalue weighted by Gasteiger charge is -2.07. The van der Waals surface area contributed by atoms with Gasteiger partial charge in [-0.15, -0.1) is 0 Å². The van der Waals surface area contributed by atoms with Crippen LogP contribution in [-0.4, -0.2) is 0 Å². The van der Waals surface area contributed by atoms with Gasteiger partial charge in [-0.05, 0) is 34.1 Å². The topological polar surface area (TPSA) is 46.2 Å². The van der Waals surface area contributed by atoms with E-state index in [0.717, 1.165) is 5.39 Å². The van der Waals surface area contributed by atoms with Crippen molar-refractivity contribution in [1.29, 1.82) is 5.26 Å². The van der Waals surface area contributed by atoms with E-state index in [1.807, 2.05) is 24.3 Å². The average Bonchev–Trinajstić information content (AvgIpc) is 2.86. The molecule has 0 fully saturated rings. The highest BCUT2D eigenvalue weighted by Crippen LogP contribution is 2.33. The van der Waals surface area contributed by atoms with Crippen molar-refractivity contribution in [3.63, 3.8) is 0 Å². The fourth-order valence-corrected chi connectivity index (χ4v) is 2.43.